The fourth-order valence-corrected chi connectivity index (χ4v) is 3.58. The molecule has 170 valence electrons. The second-order valence-electron chi connectivity index (χ2n) is 8.30. The molecule has 0 aliphatic rings. The number of Topliss-reactive ketones (excluding diaryl/α,β-unsaturated/α-hetero) is 1. The normalized spacial score (nSPS) is 14.0. The van der Waals surface area contributed by atoms with Crippen molar-refractivity contribution < 1.29 is 24.9 Å². The minimum Gasteiger partial charge on any atom is -0.505 e. The first-order chi connectivity index (χ1) is 13.9. The van der Waals surface area contributed by atoms with E-state index in [1.807, 2.05) is 0 Å². The molecule has 3 N–H and O–H groups in total. The molecular weight excluding hydrogens is 368 g/mol. The van der Waals surface area contributed by atoms with Crippen molar-refractivity contribution in [3.05, 3.63) is 11.8 Å². The van der Waals surface area contributed by atoms with Gasteiger partial charge >= 0.3 is 5.97 Å². The van der Waals surface area contributed by atoms with E-state index in [4.69, 9.17) is 5.11 Å². The summed E-state index contributed by atoms with van der Waals surface area (Å²) < 4.78 is 0. The average Bonchev–Trinajstić information content (AvgIpc) is 2.68. The first-order valence-corrected chi connectivity index (χ1v) is 11.8. The lowest BCUT2D eigenvalue weighted by Crippen LogP contribution is -2.41. The first-order valence-electron chi connectivity index (χ1n) is 11.8. The van der Waals surface area contributed by atoms with Gasteiger partial charge in [0.1, 0.15) is 5.60 Å². The Morgan fingerprint density at radius 1 is 0.724 bits per heavy atom. The summed E-state index contributed by atoms with van der Waals surface area (Å²) in [5.74, 6) is -2.59. The summed E-state index contributed by atoms with van der Waals surface area (Å²) in [5, 5.41) is 29.8. The lowest BCUT2D eigenvalue weighted by atomic mass is 9.87. The summed E-state index contributed by atoms with van der Waals surface area (Å²) in [6.45, 7) is 4.31. The molecular formula is C24H44O5. The lowest BCUT2D eigenvalue weighted by molar-refractivity contribution is -0.151. The van der Waals surface area contributed by atoms with E-state index in [9.17, 15) is 19.8 Å². The smallest absolute Gasteiger partial charge is 0.306 e. The number of allylic oxidation sites excluding steroid dienone is 1. The van der Waals surface area contributed by atoms with E-state index in [1.165, 1.54) is 44.6 Å². The molecule has 0 aliphatic carbocycles. The van der Waals surface area contributed by atoms with Gasteiger partial charge in [-0.05, 0) is 25.3 Å². The molecule has 1 atom stereocenters. The quantitative estimate of drug-likeness (QED) is 0.121. The van der Waals surface area contributed by atoms with Gasteiger partial charge < -0.3 is 15.3 Å². The number of carbonyl (C=O) groups is 2. The van der Waals surface area contributed by atoms with E-state index in [-0.39, 0.29) is 6.42 Å². The van der Waals surface area contributed by atoms with Crippen LogP contribution in [0.4, 0.5) is 0 Å². The van der Waals surface area contributed by atoms with Crippen molar-refractivity contribution in [3.63, 3.8) is 0 Å². The third kappa shape index (κ3) is 14.3. The minimum absolute atomic E-state index is 0.0672. The molecule has 0 aromatic carbocycles. The van der Waals surface area contributed by atoms with Crippen molar-refractivity contribution in [2.24, 2.45) is 0 Å². The molecule has 0 aliphatic heterocycles. The van der Waals surface area contributed by atoms with Crippen LogP contribution in [-0.4, -0.2) is 32.7 Å². The molecule has 5 heteroatoms. The van der Waals surface area contributed by atoms with Gasteiger partial charge in [-0.2, -0.15) is 0 Å². The molecule has 1 unspecified atom stereocenters. The van der Waals surface area contributed by atoms with Crippen molar-refractivity contribution in [3.8, 4) is 0 Å². The Labute approximate surface area is 177 Å². The zero-order valence-electron chi connectivity index (χ0n) is 18.8. The Morgan fingerprint density at radius 3 is 1.66 bits per heavy atom. The molecule has 0 saturated heterocycles. The van der Waals surface area contributed by atoms with E-state index in [2.05, 4.69) is 13.8 Å². The minimum atomic E-state index is -2.02. The molecule has 0 radical (unpaired) electrons. The van der Waals surface area contributed by atoms with Gasteiger partial charge in [-0.3, -0.25) is 9.59 Å². The van der Waals surface area contributed by atoms with Gasteiger partial charge in [0, 0.05) is 0 Å². The molecule has 5 nitrogen and oxygen atoms in total. The summed E-state index contributed by atoms with van der Waals surface area (Å²) in [6, 6.07) is 0. The molecule has 0 spiro atoms. The highest BCUT2D eigenvalue weighted by atomic mass is 16.4. The number of aliphatic hydroxyl groups excluding tert-OH is 1. The second kappa shape index (κ2) is 17.5. The van der Waals surface area contributed by atoms with Crippen LogP contribution in [0.1, 0.15) is 123 Å². The van der Waals surface area contributed by atoms with Crippen LogP contribution in [0.5, 0.6) is 0 Å². The van der Waals surface area contributed by atoms with Gasteiger partial charge in [0.25, 0.3) is 0 Å². The molecule has 0 saturated carbocycles. The van der Waals surface area contributed by atoms with E-state index in [1.54, 1.807) is 0 Å². The van der Waals surface area contributed by atoms with Crippen LogP contribution in [0.25, 0.3) is 0 Å². The predicted molar refractivity (Wildman–Crippen MR) is 118 cm³/mol. The van der Waals surface area contributed by atoms with E-state index >= 15 is 0 Å². The standard InChI is InChI=1S/C24H44O5/c1-3-5-7-9-10-11-12-13-14-16-18-21(25)23(28)24(29,20-22(26)27)19-17-15-8-6-4-2/h18,25,29H,3-17,19-20H2,1-2H3,(H,26,27)/b21-18-. The highest BCUT2D eigenvalue weighted by Gasteiger charge is 2.39. The predicted octanol–water partition coefficient (Wildman–Crippen LogP) is 6.48. The van der Waals surface area contributed by atoms with Crippen molar-refractivity contribution >= 4 is 11.8 Å². The maximum atomic E-state index is 12.5. The van der Waals surface area contributed by atoms with Gasteiger partial charge in [0.05, 0.1) is 6.42 Å². The van der Waals surface area contributed by atoms with Crippen LogP contribution in [0.3, 0.4) is 0 Å². The Kier molecular flexibility index (Phi) is 16.7. The third-order valence-electron chi connectivity index (χ3n) is 5.44. The molecule has 0 amide bonds. The van der Waals surface area contributed by atoms with Crippen molar-refractivity contribution in [2.75, 3.05) is 0 Å². The van der Waals surface area contributed by atoms with Gasteiger partial charge in [-0.1, -0.05) is 97.3 Å². The number of unbranched alkanes of at least 4 members (excludes halogenated alkanes) is 13. The van der Waals surface area contributed by atoms with E-state index in [0.29, 0.717) is 12.8 Å². The largest absolute Gasteiger partial charge is 0.505 e. The van der Waals surface area contributed by atoms with Crippen LogP contribution in [0, 0.1) is 0 Å². The fraction of sp³-hybridized carbons (Fsp3) is 0.833. The van der Waals surface area contributed by atoms with Crippen molar-refractivity contribution in [2.45, 2.75) is 129 Å². The lowest BCUT2D eigenvalue weighted by Gasteiger charge is -2.24. The van der Waals surface area contributed by atoms with E-state index in [0.717, 1.165) is 44.9 Å². The number of aliphatic carboxylic acids is 1. The number of carbonyl (C=O) groups excluding carboxylic acids is 1. The summed E-state index contributed by atoms with van der Waals surface area (Å²) in [7, 11) is 0. The maximum absolute atomic E-state index is 12.5. The molecule has 0 fully saturated rings. The Balaban J connectivity index is 4.31. The van der Waals surface area contributed by atoms with Gasteiger partial charge in [0.15, 0.2) is 5.76 Å². The van der Waals surface area contributed by atoms with Crippen LogP contribution in [0.2, 0.25) is 0 Å². The summed E-state index contributed by atoms with van der Waals surface area (Å²) >= 11 is 0. The number of ketones is 1. The number of carboxylic acid groups (broad SMARTS) is 1. The number of hydrogen-bond donors (Lipinski definition) is 3. The summed E-state index contributed by atoms with van der Waals surface area (Å²) in [5.41, 5.74) is -2.02. The first kappa shape index (κ1) is 27.6. The second-order valence-corrected chi connectivity index (χ2v) is 8.30. The number of carboxylic acids is 1. The van der Waals surface area contributed by atoms with Crippen molar-refractivity contribution in [1.82, 2.24) is 0 Å². The topological polar surface area (TPSA) is 94.8 Å². The summed E-state index contributed by atoms with van der Waals surface area (Å²) in [4.78, 5) is 23.6. The number of aliphatic hydroxyl groups is 2. The zero-order chi connectivity index (χ0) is 22.0. The molecule has 0 heterocycles. The zero-order valence-corrected chi connectivity index (χ0v) is 18.8. The highest BCUT2D eigenvalue weighted by molar-refractivity contribution is 6.01. The van der Waals surface area contributed by atoms with Crippen LogP contribution >= 0.6 is 0 Å². The average molecular weight is 413 g/mol. The number of rotatable bonds is 20. The molecule has 0 rings (SSSR count). The van der Waals surface area contributed by atoms with Gasteiger partial charge in [-0.15, -0.1) is 0 Å². The van der Waals surface area contributed by atoms with Gasteiger partial charge in [-0.25, -0.2) is 0 Å². The molecule has 0 bridgehead atoms. The Bertz CT molecular complexity index is 472. The molecule has 0 aromatic rings. The summed E-state index contributed by atoms with van der Waals surface area (Å²) in [6.07, 6.45) is 16.7. The Hall–Kier alpha value is -1.36. The fourth-order valence-electron chi connectivity index (χ4n) is 3.58. The molecule has 0 aromatic heterocycles. The maximum Gasteiger partial charge on any atom is 0.306 e. The van der Waals surface area contributed by atoms with Crippen LogP contribution in [0.15, 0.2) is 11.8 Å². The molecule has 29 heavy (non-hydrogen) atoms. The van der Waals surface area contributed by atoms with Crippen molar-refractivity contribution in [1.29, 1.82) is 0 Å². The third-order valence-corrected chi connectivity index (χ3v) is 5.44. The number of hydrogen-bond acceptors (Lipinski definition) is 4. The van der Waals surface area contributed by atoms with Crippen LogP contribution < -0.4 is 0 Å². The van der Waals surface area contributed by atoms with Crippen LogP contribution in [-0.2, 0) is 9.59 Å². The highest BCUT2D eigenvalue weighted by Crippen LogP contribution is 2.24. The van der Waals surface area contributed by atoms with Gasteiger partial charge in [0.2, 0.25) is 5.78 Å². The monoisotopic (exact) mass is 412 g/mol. The SMILES string of the molecule is CCCCCCCCCCC/C=C(\O)C(=O)C(O)(CCCCCCC)CC(=O)O. The van der Waals surface area contributed by atoms with E-state index < -0.39 is 29.5 Å². The Morgan fingerprint density at radius 2 is 1.17 bits per heavy atom.